The van der Waals surface area contributed by atoms with E-state index in [1.54, 1.807) is 0 Å². The fraction of sp³-hybridized carbons (Fsp3) is 0.250. The molecule has 3 aromatic heterocycles. The molecule has 1 fully saturated rings. The van der Waals surface area contributed by atoms with Crippen LogP contribution < -0.4 is 5.32 Å². The van der Waals surface area contributed by atoms with E-state index in [1.165, 1.54) is 11.3 Å². The Morgan fingerprint density at radius 3 is 2.65 bits per heavy atom. The summed E-state index contributed by atoms with van der Waals surface area (Å²) in [6, 6.07) is 14.5. The molecule has 0 radical (unpaired) electrons. The molecule has 0 aromatic carbocycles. The average molecular weight is 363 g/mol. The van der Waals surface area contributed by atoms with Gasteiger partial charge in [0.05, 0.1) is 17.8 Å². The van der Waals surface area contributed by atoms with Crippen LogP contribution in [0.4, 0.5) is 0 Å². The van der Waals surface area contributed by atoms with Crippen LogP contribution in [-0.4, -0.2) is 24.5 Å². The first-order chi connectivity index (χ1) is 12.8. The maximum atomic E-state index is 5.71. The van der Waals surface area contributed by atoms with Crippen LogP contribution in [0, 0.1) is 0 Å². The Morgan fingerprint density at radius 1 is 1.08 bits per heavy atom. The third kappa shape index (κ3) is 3.08. The second kappa shape index (κ2) is 7.25. The number of aromatic nitrogens is 3. The lowest BCUT2D eigenvalue weighted by Crippen LogP contribution is -2.30. The molecule has 6 heteroatoms. The van der Waals surface area contributed by atoms with Gasteiger partial charge in [-0.15, -0.1) is 0 Å². The molecule has 3 aromatic rings. The van der Waals surface area contributed by atoms with Gasteiger partial charge in [-0.3, -0.25) is 9.97 Å². The predicted molar refractivity (Wildman–Crippen MR) is 105 cm³/mol. The van der Waals surface area contributed by atoms with Gasteiger partial charge in [-0.05, 0) is 61.1 Å². The van der Waals surface area contributed by atoms with Crippen LogP contribution in [0.3, 0.4) is 0 Å². The molecule has 0 spiro atoms. The van der Waals surface area contributed by atoms with E-state index in [0.29, 0.717) is 0 Å². The highest BCUT2D eigenvalue weighted by Gasteiger charge is 2.40. The third-order valence-electron chi connectivity index (χ3n) is 4.81. The van der Waals surface area contributed by atoms with Gasteiger partial charge in [0.15, 0.2) is 5.11 Å². The summed E-state index contributed by atoms with van der Waals surface area (Å²) in [5, 5.41) is 4.25. The average Bonchev–Trinajstić information content (AvgIpc) is 3.28. The van der Waals surface area contributed by atoms with E-state index in [-0.39, 0.29) is 12.1 Å². The maximum Gasteiger partial charge on any atom is 0.170 e. The smallest absolute Gasteiger partial charge is 0.170 e. The number of aryl methyl sites for hydroxylation is 1. The minimum absolute atomic E-state index is 0.0192. The van der Waals surface area contributed by atoms with Crippen molar-refractivity contribution in [3.63, 3.8) is 0 Å². The van der Waals surface area contributed by atoms with Crippen molar-refractivity contribution < 1.29 is 0 Å². The molecular formula is C20H21N5S. The van der Waals surface area contributed by atoms with E-state index >= 15 is 0 Å². The molecule has 2 atom stereocenters. The van der Waals surface area contributed by atoms with Crippen LogP contribution in [0.5, 0.6) is 0 Å². The Balaban J connectivity index is 1.75. The summed E-state index contributed by atoms with van der Waals surface area (Å²) in [5.74, 6) is 0. The Kier molecular flexibility index (Phi) is 4.67. The van der Waals surface area contributed by atoms with E-state index < -0.39 is 0 Å². The van der Waals surface area contributed by atoms with Crippen molar-refractivity contribution in [3.05, 3.63) is 84.2 Å². The topological polar surface area (TPSA) is 46.0 Å². The van der Waals surface area contributed by atoms with Gasteiger partial charge in [-0.2, -0.15) is 0 Å². The van der Waals surface area contributed by atoms with Gasteiger partial charge in [-0.25, -0.2) is 0 Å². The summed E-state index contributed by atoms with van der Waals surface area (Å²) in [6.07, 6.45) is 7.60. The fourth-order valence-corrected chi connectivity index (χ4v) is 3.87. The van der Waals surface area contributed by atoms with E-state index in [0.717, 1.165) is 23.9 Å². The monoisotopic (exact) mass is 363 g/mol. The standard InChI is InChI=1S/C20H21N5S/c1-2-24-13-5-7-17(24)19-18(16-6-3-4-10-22-16)23-20(26)25(19)14-15-8-11-21-12-9-15/h3-13,18-19H,2,14H2,1H3,(H,23,26)/t18-,19+/m0/s1. The van der Waals surface area contributed by atoms with Crippen molar-refractivity contribution in [3.8, 4) is 0 Å². The largest absolute Gasteiger partial charge is 0.352 e. The van der Waals surface area contributed by atoms with Crippen LogP contribution in [0.25, 0.3) is 0 Å². The number of hydrogen-bond donors (Lipinski definition) is 1. The first-order valence-electron chi connectivity index (χ1n) is 8.80. The first kappa shape index (κ1) is 16.7. The summed E-state index contributed by atoms with van der Waals surface area (Å²) in [7, 11) is 0. The molecule has 0 aliphatic carbocycles. The second-order valence-electron chi connectivity index (χ2n) is 6.33. The highest BCUT2D eigenvalue weighted by molar-refractivity contribution is 7.80. The molecule has 0 unspecified atom stereocenters. The summed E-state index contributed by atoms with van der Waals surface area (Å²) in [5.41, 5.74) is 3.43. The van der Waals surface area contributed by atoms with Crippen LogP contribution in [0.15, 0.2) is 67.3 Å². The Labute approximate surface area is 158 Å². The van der Waals surface area contributed by atoms with Crippen molar-refractivity contribution in [2.45, 2.75) is 32.1 Å². The molecule has 1 N–H and O–H groups in total. The molecule has 132 valence electrons. The van der Waals surface area contributed by atoms with Gasteiger partial charge in [0.25, 0.3) is 0 Å². The summed E-state index contributed by atoms with van der Waals surface area (Å²) >= 11 is 5.71. The summed E-state index contributed by atoms with van der Waals surface area (Å²) in [6.45, 7) is 3.81. The zero-order valence-corrected chi connectivity index (χ0v) is 15.4. The molecule has 0 amide bonds. The van der Waals surface area contributed by atoms with Crippen LogP contribution >= 0.6 is 12.2 Å². The Morgan fingerprint density at radius 2 is 1.92 bits per heavy atom. The number of pyridine rings is 2. The summed E-state index contributed by atoms with van der Waals surface area (Å²) in [4.78, 5) is 11.0. The van der Waals surface area contributed by atoms with Crippen LogP contribution in [0.1, 0.15) is 36.0 Å². The van der Waals surface area contributed by atoms with Gasteiger partial charge in [0, 0.05) is 43.6 Å². The van der Waals surface area contributed by atoms with E-state index in [1.807, 2.05) is 42.9 Å². The predicted octanol–water partition coefficient (Wildman–Crippen LogP) is 3.47. The maximum absolute atomic E-state index is 5.71. The molecule has 0 bridgehead atoms. The summed E-state index contributed by atoms with van der Waals surface area (Å²) < 4.78 is 2.27. The van der Waals surface area contributed by atoms with Crippen molar-refractivity contribution in [2.24, 2.45) is 0 Å². The fourth-order valence-electron chi connectivity index (χ4n) is 3.57. The zero-order valence-electron chi connectivity index (χ0n) is 14.6. The lowest BCUT2D eigenvalue weighted by atomic mass is 10.0. The second-order valence-corrected chi connectivity index (χ2v) is 6.72. The molecule has 4 rings (SSSR count). The van der Waals surface area contributed by atoms with Crippen molar-refractivity contribution >= 4 is 17.3 Å². The van der Waals surface area contributed by atoms with Gasteiger partial charge >= 0.3 is 0 Å². The van der Waals surface area contributed by atoms with E-state index in [2.05, 4.69) is 56.1 Å². The quantitative estimate of drug-likeness (QED) is 0.703. The normalized spacial score (nSPS) is 19.6. The third-order valence-corrected chi connectivity index (χ3v) is 5.16. The molecular weight excluding hydrogens is 342 g/mol. The Bertz CT molecular complexity index is 877. The molecule has 5 nitrogen and oxygen atoms in total. The van der Waals surface area contributed by atoms with Crippen molar-refractivity contribution in [2.75, 3.05) is 0 Å². The first-order valence-corrected chi connectivity index (χ1v) is 9.20. The van der Waals surface area contributed by atoms with E-state index in [9.17, 15) is 0 Å². The minimum atomic E-state index is 0.0192. The molecule has 0 saturated carbocycles. The van der Waals surface area contributed by atoms with Gasteiger partial charge in [0.2, 0.25) is 0 Å². The number of thiocarbonyl (C=S) groups is 1. The van der Waals surface area contributed by atoms with Gasteiger partial charge < -0.3 is 14.8 Å². The molecule has 1 aliphatic heterocycles. The number of hydrogen-bond acceptors (Lipinski definition) is 3. The SMILES string of the molecule is CCn1cccc1[C@@H]1[C@H](c2ccccn2)NC(=S)N1Cc1ccncc1. The molecule has 1 saturated heterocycles. The van der Waals surface area contributed by atoms with Crippen molar-refractivity contribution in [1.29, 1.82) is 0 Å². The number of rotatable bonds is 5. The van der Waals surface area contributed by atoms with Crippen molar-refractivity contribution in [1.82, 2.24) is 24.8 Å². The van der Waals surface area contributed by atoms with Gasteiger partial charge in [0.1, 0.15) is 0 Å². The van der Waals surface area contributed by atoms with Gasteiger partial charge in [-0.1, -0.05) is 6.07 Å². The lowest BCUT2D eigenvalue weighted by Gasteiger charge is -2.28. The molecule has 4 heterocycles. The highest BCUT2D eigenvalue weighted by atomic mass is 32.1. The van der Waals surface area contributed by atoms with E-state index in [4.69, 9.17) is 12.2 Å². The molecule has 26 heavy (non-hydrogen) atoms. The molecule has 1 aliphatic rings. The van der Waals surface area contributed by atoms with Crippen LogP contribution in [0.2, 0.25) is 0 Å². The van der Waals surface area contributed by atoms with Crippen LogP contribution in [-0.2, 0) is 13.1 Å². The number of nitrogens with zero attached hydrogens (tertiary/aromatic N) is 4. The number of nitrogens with one attached hydrogen (secondary N) is 1. The highest BCUT2D eigenvalue weighted by Crippen LogP contribution is 2.39. The lowest BCUT2D eigenvalue weighted by molar-refractivity contribution is 0.297. The Hall–Kier alpha value is -2.73. The minimum Gasteiger partial charge on any atom is -0.352 e. The zero-order chi connectivity index (χ0) is 17.9.